The highest BCUT2D eigenvalue weighted by Crippen LogP contribution is 2.41. The zero-order valence-electron chi connectivity index (χ0n) is 14.2. The number of guanidine groups is 1. The maximum Gasteiger partial charge on any atom is 0.208 e. The van der Waals surface area contributed by atoms with Crippen LogP contribution in [0.2, 0.25) is 0 Å². The van der Waals surface area contributed by atoms with Gasteiger partial charge in [-0.1, -0.05) is 19.8 Å². The molecule has 1 aliphatic rings. The Kier molecular flexibility index (Phi) is 8.17. The Morgan fingerprint density at radius 1 is 1.14 bits per heavy atom. The average molecular weight is 333 g/mol. The molecule has 0 aliphatic heterocycles. The summed E-state index contributed by atoms with van der Waals surface area (Å²) < 4.78 is 24.5. The van der Waals surface area contributed by atoms with Gasteiger partial charge in [0, 0.05) is 26.2 Å². The van der Waals surface area contributed by atoms with Gasteiger partial charge in [-0.2, -0.15) is 0 Å². The number of sulfonamides is 1. The largest absolute Gasteiger partial charge is 0.357 e. The molecule has 1 saturated carbocycles. The Hall–Kier alpha value is -0.820. The molecule has 0 aromatic rings. The van der Waals surface area contributed by atoms with E-state index in [1.807, 2.05) is 6.92 Å². The van der Waals surface area contributed by atoms with Gasteiger partial charge in [0.1, 0.15) is 0 Å². The van der Waals surface area contributed by atoms with Gasteiger partial charge in [0.25, 0.3) is 0 Å². The predicted molar refractivity (Wildman–Crippen MR) is 92.6 cm³/mol. The summed E-state index contributed by atoms with van der Waals surface area (Å²) in [4.78, 5) is 4.74. The van der Waals surface area contributed by atoms with Gasteiger partial charge in [-0.3, -0.25) is 4.99 Å². The molecular weight excluding hydrogens is 300 g/mol. The van der Waals surface area contributed by atoms with Gasteiger partial charge >= 0.3 is 0 Å². The first-order valence-corrected chi connectivity index (χ1v) is 10.3. The van der Waals surface area contributed by atoms with Crippen LogP contribution in [0.25, 0.3) is 0 Å². The topological polar surface area (TPSA) is 82.6 Å². The molecule has 1 fully saturated rings. The fraction of sp³-hybridized carbons (Fsp3) is 0.933. The molecule has 0 heterocycles. The van der Waals surface area contributed by atoms with Gasteiger partial charge in [-0.25, -0.2) is 13.1 Å². The maximum atomic E-state index is 11.0. The summed E-state index contributed by atoms with van der Waals surface area (Å²) in [6, 6.07) is 0. The SMILES string of the molecule is CCNC(=NCC1(CC)CCCC1)NCCCNS(C)(=O)=O. The minimum absolute atomic E-state index is 0.389. The third kappa shape index (κ3) is 7.45. The van der Waals surface area contributed by atoms with E-state index in [0.717, 1.165) is 25.5 Å². The van der Waals surface area contributed by atoms with Crippen LogP contribution in [0.1, 0.15) is 52.4 Å². The molecule has 0 aromatic heterocycles. The molecule has 1 rings (SSSR count). The molecule has 0 unspecified atom stereocenters. The Morgan fingerprint density at radius 2 is 1.82 bits per heavy atom. The van der Waals surface area contributed by atoms with Crippen molar-refractivity contribution >= 4 is 16.0 Å². The second-order valence-corrected chi connectivity index (χ2v) is 8.04. The highest BCUT2D eigenvalue weighted by Gasteiger charge is 2.31. The van der Waals surface area contributed by atoms with Crippen molar-refractivity contribution in [3.63, 3.8) is 0 Å². The molecule has 1 aliphatic carbocycles. The lowest BCUT2D eigenvalue weighted by Gasteiger charge is -2.25. The van der Waals surface area contributed by atoms with E-state index in [-0.39, 0.29) is 0 Å². The third-order valence-corrected chi connectivity index (χ3v) is 5.07. The first-order valence-electron chi connectivity index (χ1n) is 8.37. The van der Waals surface area contributed by atoms with Crippen LogP contribution in [0.15, 0.2) is 4.99 Å². The molecule has 22 heavy (non-hydrogen) atoms. The van der Waals surface area contributed by atoms with Crippen molar-refractivity contribution in [2.75, 3.05) is 32.4 Å². The van der Waals surface area contributed by atoms with Gasteiger partial charge in [0.2, 0.25) is 10.0 Å². The lowest BCUT2D eigenvalue weighted by Crippen LogP contribution is -2.39. The number of nitrogens with zero attached hydrogens (tertiary/aromatic N) is 1. The van der Waals surface area contributed by atoms with E-state index in [0.29, 0.717) is 18.5 Å². The lowest BCUT2D eigenvalue weighted by molar-refractivity contribution is 0.297. The Balaban J connectivity index is 2.38. The van der Waals surface area contributed by atoms with E-state index in [1.165, 1.54) is 38.4 Å². The van der Waals surface area contributed by atoms with Crippen LogP contribution in [0, 0.1) is 5.41 Å². The van der Waals surface area contributed by atoms with E-state index in [4.69, 9.17) is 4.99 Å². The average Bonchev–Trinajstić information content (AvgIpc) is 2.92. The van der Waals surface area contributed by atoms with Crippen LogP contribution in [0.3, 0.4) is 0 Å². The maximum absolute atomic E-state index is 11.0. The zero-order chi connectivity index (χ0) is 16.5. The van der Waals surface area contributed by atoms with E-state index in [1.54, 1.807) is 0 Å². The second-order valence-electron chi connectivity index (χ2n) is 6.20. The molecule has 0 spiro atoms. The molecule has 0 bridgehead atoms. The van der Waals surface area contributed by atoms with Crippen LogP contribution in [-0.4, -0.2) is 46.8 Å². The zero-order valence-corrected chi connectivity index (χ0v) is 15.1. The number of nitrogens with one attached hydrogen (secondary N) is 3. The highest BCUT2D eigenvalue weighted by atomic mass is 32.2. The van der Waals surface area contributed by atoms with Crippen molar-refractivity contribution in [2.24, 2.45) is 10.4 Å². The Morgan fingerprint density at radius 3 is 2.36 bits per heavy atom. The number of hydrogen-bond donors (Lipinski definition) is 3. The van der Waals surface area contributed by atoms with Gasteiger partial charge in [-0.15, -0.1) is 0 Å². The number of aliphatic imine (C=N–C) groups is 1. The lowest BCUT2D eigenvalue weighted by atomic mass is 9.84. The minimum Gasteiger partial charge on any atom is -0.357 e. The first-order chi connectivity index (χ1) is 10.4. The summed E-state index contributed by atoms with van der Waals surface area (Å²) in [7, 11) is -3.09. The number of rotatable bonds is 9. The standard InChI is InChI=1S/C15H32N4O2S/c1-4-15(9-6-7-10-15)13-18-14(16-5-2)17-11-8-12-19-22(3,20)21/h19H,4-13H2,1-3H3,(H2,16,17,18). The highest BCUT2D eigenvalue weighted by molar-refractivity contribution is 7.88. The fourth-order valence-corrected chi connectivity index (χ4v) is 3.40. The first kappa shape index (κ1) is 19.2. The fourth-order valence-electron chi connectivity index (χ4n) is 2.89. The van der Waals surface area contributed by atoms with Crippen LogP contribution in [0.5, 0.6) is 0 Å². The minimum atomic E-state index is -3.09. The smallest absolute Gasteiger partial charge is 0.208 e. The molecule has 0 saturated heterocycles. The summed E-state index contributed by atoms with van der Waals surface area (Å²) in [6.45, 7) is 7.16. The van der Waals surface area contributed by atoms with E-state index >= 15 is 0 Å². The summed E-state index contributed by atoms with van der Waals surface area (Å²) in [5.74, 6) is 0.835. The third-order valence-electron chi connectivity index (χ3n) is 4.34. The normalized spacial score (nSPS) is 18.4. The van der Waals surface area contributed by atoms with Crippen molar-refractivity contribution in [3.8, 4) is 0 Å². The van der Waals surface area contributed by atoms with Gasteiger partial charge < -0.3 is 10.6 Å². The molecule has 6 nitrogen and oxygen atoms in total. The van der Waals surface area contributed by atoms with Crippen molar-refractivity contribution in [1.82, 2.24) is 15.4 Å². The number of hydrogen-bond acceptors (Lipinski definition) is 3. The van der Waals surface area contributed by atoms with Crippen LogP contribution in [-0.2, 0) is 10.0 Å². The summed E-state index contributed by atoms with van der Waals surface area (Å²) in [6.07, 6.45) is 8.31. The van der Waals surface area contributed by atoms with Crippen molar-refractivity contribution < 1.29 is 8.42 Å². The van der Waals surface area contributed by atoms with Crippen LogP contribution >= 0.6 is 0 Å². The molecule has 3 N–H and O–H groups in total. The monoisotopic (exact) mass is 332 g/mol. The molecule has 0 aromatic carbocycles. The molecule has 0 atom stereocenters. The van der Waals surface area contributed by atoms with E-state index in [9.17, 15) is 8.42 Å². The van der Waals surface area contributed by atoms with Crippen molar-refractivity contribution in [2.45, 2.75) is 52.4 Å². The van der Waals surface area contributed by atoms with E-state index in [2.05, 4.69) is 22.3 Å². The van der Waals surface area contributed by atoms with Crippen molar-refractivity contribution in [1.29, 1.82) is 0 Å². The predicted octanol–water partition coefficient (Wildman–Crippen LogP) is 1.45. The van der Waals surface area contributed by atoms with E-state index < -0.39 is 10.0 Å². The van der Waals surface area contributed by atoms with Crippen LogP contribution < -0.4 is 15.4 Å². The Labute approximate surface area is 135 Å². The summed E-state index contributed by atoms with van der Waals surface area (Å²) in [5.41, 5.74) is 0.389. The van der Waals surface area contributed by atoms with Crippen molar-refractivity contribution in [3.05, 3.63) is 0 Å². The second kappa shape index (κ2) is 9.35. The summed E-state index contributed by atoms with van der Waals surface area (Å²) >= 11 is 0. The molecule has 0 amide bonds. The van der Waals surface area contributed by atoms with Crippen LogP contribution in [0.4, 0.5) is 0 Å². The van der Waals surface area contributed by atoms with Gasteiger partial charge in [-0.05, 0) is 38.0 Å². The van der Waals surface area contributed by atoms with Gasteiger partial charge in [0.15, 0.2) is 5.96 Å². The summed E-state index contributed by atoms with van der Waals surface area (Å²) in [5, 5.41) is 6.53. The molecule has 7 heteroatoms. The van der Waals surface area contributed by atoms with Gasteiger partial charge in [0.05, 0.1) is 6.26 Å². The molecule has 0 radical (unpaired) electrons. The molecular formula is C15H32N4O2S. The molecule has 130 valence electrons. The Bertz CT molecular complexity index is 442. The quantitative estimate of drug-likeness (QED) is 0.339.